The lowest BCUT2D eigenvalue weighted by Crippen LogP contribution is -2.17. The molecule has 0 amide bonds. The number of nitrogens with zero attached hydrogens (tertiary/aromatic N) is 2. The molecule has 0 aliphatic rings. The summed E-state index contributed by atoms with van der Waals surface area (Å²) in [6.07, 6.45) is 1.94. The Balaban J connectivity index is 2.03. The Morgan fingerprint density at radius 3 is 3.00 bits per heavy atom. The summed E-state index contributed by atoms with van der Waals surface area (Å²) in [5.74, 6) is 0.538. The van der Waals surface area contributed by atoms with E-state index in [0.717, 1.165) is 27.6 Å². The van der Waals surface area contributed by atoms with Gasteiger partial charge in [-0.05, 0) is 36.9 Å². The molecule has 5 nitrogen and oxygen atoms in total. The average Bonchev–Trinajstić information content (AvgIpc) is 3.13. The Hall–Kier alpha value is -2.34. The van der Waals surface area contributed by atoms with Gasteiger partial charge in [-0.2, -0.15) is 0 Å². The predicted molar refractivity (Wildman–Crippen MR) is 88.4 cm³/mol. The first-order chi connectivity index (χ1) is 10.7. The molecule has 114 valence electrons. The van der Waals surface area contributed by atoms with Crippen molar-refractivity contribution in [2.45, 2.75) is 13.8 Å². The van der Waals surface area contributed by atoms with Crippen molar-refractivity contribution in [3.63, 3.8) is 0 Å². The Morgan fingerprint density at radius 2 is 2.27 bits per heavy atom. The molecule has 0 radical (unpaired) electrons. The van der Waals surface area contributed by atoms with Gasteiger partial charge in [0.15, 0.2) is 0 Å². The molecule has 0 spiro atoms. The maximum absolute atomic E-state index is 11.6. The fourth-order valence-electron chi connectivity index (χ4n) is 2.33. The van der Waals surface area contributed by atoms with Crippen LogP contribution in [0.5, 0.6) is 0 Å². The monoisotopic (exact) mass is 315 g/mol. The van der Waals surface area contributed by atoms with Gasteiger partial charge in [0.25, 0.3) is 0 Å². The molecule has 0 aromatic carbocycles. The SMILES string of the molecule is CCOC(=O)CNc1c(-c2cccs2)nc2c(C)cccn12. The molecule has 0 atom stereocenters. The van der Waals surface area contributed by atoms with Crippen LogP contribution in [0.1, 0.15) is 12.5 Å². The van der Waals surface area contributed by atoms with Crippen LogP contribution in [0.15, 0.2) is 35.8 Å². The van der Waals surface area contributed by atoms with E-state index in [1.165, 1.54) is 0 Å². The van der Waals surface area contributed by atoms with Gasteiger partial charge in [0.1, 0.15) is 23.7 Å². The molecule has 3 rings (SSSR count). The number of ether oxygens (including phenoxy) is 1. The smallest absolute Gasteiger partial charge is 0.325 e. The number of imidazole rings is 1. The Bertz CT molecular complexity index is 793. The quantitative estimate of drug-likeness (QED) is 0.734. The molecule has 0 unspecified atom stereocenters. The van der Waals surface area contributed by atoms with Gasteiger partial charge in [-0.3, -0.25) is 9.20 Å². The van der Waals surface area contributed by atoms with Gasteiger partial charge in [0.2, 0.25) is 0 Å². The van der Waals surface area contributed by atoms with Crippen LogP contribution >= 0.6 is 11.3 Å². The molecule has 3 aromatic rings. The van der Waals surface area contributed by atoms with Crippen molar-refractivity contribution in [2.75, 3.05) is 18.5 Å². The van der Waals surface area contributed by atoms with E-state index in [0.29, 0.717) is 6.61 Å². The predicted octanol–water partition coefficient (Wildman–Crippen LogP) is 3.35. The number of aryl methyl sites for hydroxylation is 1. The zero-order valence-corrected chi connectivity index (χ0v) is 13.3. The van der Waals surface area contributed by atoms with Gasteiger partial charge in [0.05, 0.1) is 11.5 Å². The minimum atomic E-state index is -0.276. The van der Waals surface area contributed by atoms with Crippen molar-refractivity contribution in [1.29, 1.82) is 0 Å². The Labute approximate surface area is 132 Å². The molecule has 3 heterocycles. The molecule has 0 aliphatic heterocycles. The fourth-order valence-corrected chi connectivity index (χ4v) is 3.04. The molecule has 0 bridgehead atoms. The summed E-state index contributed by atoms with van der Waals surface area (Å²) < 4.78 is 6.95. The number of hydrogen-bond acceptors (Lipinski definition) is 5. The van der Waals surface area contributed by atoms with Crippen molar-refractivity contribution >= 4 is 28.8 Å². The second-order valence-corrected chi connectivity index (χ2v) is 5.78. The molecular formula is C16H17N3O2S. The summed E-state index contributed by atoms with van der Waals surface area (Å²) in [6, 6.07) is 8.01. The zero-order chi connectivity index (χ0) is 15.5. The van der Waals surface area contributed by atoms with Crippen molar-refractivity contribution < 1.29 is 9.53 Å². The maximum Gasteiger partial charge on any atom is 0.325 e. The number of anilines is 1. The molecule has 0 fully saturated rings. The molecule has 1 N–H and O–H groups in total. The van der Waals surface area contributed by atoms with Crippen LogP contribution in [0.2, 0.25) is 0 Å². The van der Waals surface area contributed by atoms with Crippen LogP contribution in [0.4, 0.5) is 5.82 Å². The van der Waals surface area contributed by atoms with Gasteiger partial charge >= 0.3 is 5.97 Å². The first-order valence-corrected chi connectivity index (χ1v) is 7.99. The lowest BCUT2D eigenvalue weighted by atomic mass is 10.3. The van der Waals surface area contributed by atoms with Crippen LogP contribution in [0, 0.1) is 6.92 Å². The summed E-state index contributed by atoms with van der Waals surface area (Å²) in [5.41, 5.74) is 2.83. The number of pyridine rings is 1. The summed E-state index contributed by atoms with van der Waals surface area (Å²) in [6.45, 7) is 4.32. The second kappa shape index (κ2) is 6.19. The zero-order valence-electron chi connectivity index (χ0n) is 12.5. The van der Waals surface area contributed by atoms with Crippen LogP contribution in [0.3, 0.4) is 0 Å². The van der Waals surface area contributed by atoms with Gasteiger partial charge in [0, 0.05) is 6.20 Å². The first-order valence-electron chi connectivity index (χ1n) is 7.11. The summed E-state index contributed by atoms with van der Waals surface area (Å²) in [4.78, 5) is 17.4. The number of carbonyl (C=O) groups excluding carboxylic acids is 1. The normalized spacial score (nSPS) is 10.8. The number of esters is 1. The van der Waals surface area contributed by atoms with Crippen molar-refractivity contribution in [3.8, 4) is 10.6 Å². The van der Waals surface area contributed by atoms with E-state index < -0.39 is 0 Å². The molecule has 0 aliphatic carbocycles. The number of hydrogen-bond donors (Lipinski definition) is 1. The lowest BCUT2D eigenvalue weighted by molar-refractivity contribution is -0.140. The van der Waals surface area contributed by atoms with Crippen LogP contribution < -0.4 is 5.32 Å². The first kappa shape index (κ1) is 14.6. The van der Waals surface area contributed by atoms with E-state index in [4.69, 9.17) is 9.72 Å². The van der Waals surface area contributed by atoms with E-state index in [2.05, 4.69) is 5.32 Å². The summed E-state index contributed by atoms with van der Waals surface area (Å²) >= 11 is 1.62. The van der Waals surface area contributed by atoms with Gasteiger partial charge in [-0.1, -0.05) is 12.1 Å². The molecule has 6 heteroatoms. The van der Waals surface area contributed by atoms with Crippen LogP contribution in [-0.2, 0) is 9.53 Å². The second-order valence-electron chi connectivity index (χ2n) is 4.83. The Morgan fingerprint density at radius 1 is 1.41 bits per heavy atom. The lowest BCUT2D eigenvalue weighted by Gasteiger charge is -2.08. The largest absolute Gasteiger partial charge is 0.465 e. The van der Waals surface area contributed by atoms with Gasteiger partial charge in [-0.15, -0.1) is 11.3 Å². The van der Waals surface area contributed by atoms with E-state index in [9.17, 15) is 4.79 Å². The van der Waals surface area contributed by atoms with Crippen LogP contribution in [-0.4, -0.2) is 28.5 Å². The summed E-state index contributed by atoms with van der Waals surface area (Å²) in [7, 11) is 0. The highest BCUT2D eigenvalue weighted by Gasteiger charge is 2.16. The van der Waals surface area contributed by atoms with E-state index in [-0.39, 0.29) is 12.5 Å². The highest BCUT2D eigenvalue weighted by atomic mass is 32.1. The molecular weight excluding hydrogens is 298 g/mol. The van der Waals surface area contributed by atoms with Crippen molar-refractivity contribution in [1.82, 2.24) is 9.38 Å². The third-order valence-corrected chi connectivity index (χ3v) is 4.18. The number of thiophene rings is 1. The molecule has 22 heavy (non-hydrogen) atoms. The van der Waals surface area contributed by atoms with Gasteiger partial charge in [-0.25, -0.2) is 4.98 Å². The molecule has 3 aromatic heterocycles. The topological polar surface area (TPSA) is 55.6 Å². The number of fused-ring (bicyclic) bond motifs is 1. The van der Waals surface area contributed by atoms with Crippen molar-refractivity contribution in [3.05, 3.63) is 41.4 Å². The maximum atomic E-state index is 11.6. The fraction of sp³-hybridized carbons (Fsp3) is 0.250. The Kier molecular flexibility index (Phi) is 4.11. The number of carbonyl (C=O) groups is 1. The average molecular weight is 315 g/mol. The number of nitrogens with one attached hydrogen (secondary N) is 1. The third kappa shape index (κ3) is 2.69. The van der Waals surface area contributed by atoms with Crippen LogP contribution in [0.25, 0.3) is 16.2 Å². The minimum absolute atomic E-state index is 0.119. The van der Waals surface area contributed by atoms with E-state index in [1.807, 2.05) is 47.2 Å². The van der Waals surface area contributed by atoms with Crippen molar-refractivity contribution in [2.24, 2.45) is 0 Å². The van der Waals surface area contributed by atoms with E-state index in [1.54, 1.807) is 18.3 Å². The number of rotatable bonds is 5. The standard InChI is InChI=1S/C16H17N3O2S/c1-3-21-13(20)10-17-16-14(12-7-5-9-22-12)18-15-11(2)6-4-8-19(15)16/h4-9,17H,3,10H2,1-2H3. The number of aromatic nitrogens is 2. The van der Waals surface area contributed by atoms with E-state index >= 15 is 0 Å². The molecule has 0 saturated carbocycles. The third-order valence-electron chi connectivity index (χ3n) is 3.31. The summed E-state index contributed by atoms with van der Waals surface area (Å²) in [5, 5.41) is 5.18. The minimum Gasteiger partial charge on any atom is -0.465 e. The highest BCUT2D eigenvalue weighted by Crippen LogP contribution is 2.32. The van der Waals surface area contributed by atoms with Gasteiger partial charge < -0.3 is 10.1 Å². The molecule has 0 saturated heterocycles. The highest BCUT2D eigenvalue weighted by molar-refractivity contribution is 7.13.